The summed E-state index contributed by atoms with van der Waals surface area (Å²) < 4.78 is 0. The number of carbonyl (C=O) groups excluding carboxylic acids is 3. The molecule has 2 fully saturated rings. The lowest BCUT2D eigenvalue weighted by Gasteiger charge is -2.36. The highest BCUT2D eigenvalue weighted by atomic mass is 35.5. The van der Waals surface area contributed by atoms with E-state index in [4.69, 9.17) is 11.6 Å². The van der Waals surface area contributed by atoms with Gasteiger partial charge in [0.15, 0.2) is 0 Å². The number of aryl methyl sites for hydroxylation is 1. The molecule has 4 amide bonds. The highest BCUT2D eigenvalue weighted by molar-refractivity contribution is 6.31. The summed E-state index contributed by atoms with van der Waals surface area (Å²) in [6.07, 6.45) is 3.48. The van der Waals surface area contributed by atoms with Crippen molar-refractivity contribution in [2.24, 2.45) is 5.92 Å². The molecule has 2 atom stereocenters. The molecule has 2 unspecified atom stereocenters. The third-order valence-corrected chi connectivity index (χ3v) is 5.67. The molecular formula is C18H22ClN3O3. The summed E-state index contributed by atoms with van der Waals surface area (Å²) in [7, 11) is 0. The van der Waals surface area contributed by atoms with Gasteiger partial charge in [-0.25, -0.2) is 4.79 Å². The molecule has 3 rings (SSSR count). The Hall–Kier alpha value is -2.08. The summed E-state index contributed by atoms with van der Waals surface area (Å²) in [6, 6.07) is 4.68. The Kier molecular flexibility index (Phi) is 4.73. The first-order chi connectivity index (χ1) is 11.8. The van der Waals surface area contributed by atoms with Gasteiger partial charge in [-0.15, -0.1) is 0 Å². The molecule has 1 aliphatic carbocycles. The molecule has 0 radical (unpaired) electrons. The van der Waals surface area contributed by atoms with E-state index in [1.165, 1.54) is 0 Å². The molecule has 1 saturated heterocycles. The van der Waals surface area contributed by atoms with Crippen LogP contribution in [0.5, 0.6) is 0 Å². The number of nitrogens with zero attached hydrogens (tertiary/aromatic N) is 1. The van der Waals surface area contributed by atoms with Gasteiger partial charge in [-0.1, -0.05) is 37.4 Å². The molecule has 1 spiro atoms. The first-order valence-electron chi connectivity index (χ1n) is 8.53. The monoisotopic (exact) mass is 363 g/mol. The Morgan fingerprint density at radius 1 is 1.40 bits per heavy atom. The molecule has 6 nitrogen and oxygen atoms in total. The van der Waals surface area contributed by atoms with E-state index in [0.29, 0.717) is 17.1 Å². The van der Waals surface area contributed by atoms with Crippen molar-refractivity contribution < 1.29 is 14.4 Å². The molecule has 1 heterocycles. The highest BCUT2D eigenvalue weighted by Crippen LogP contribution is 2.38. The average Bonchev–Trinajstić information content (AvgIpc) is 2.79. The number of rotatable bonds is 3. The van der Waals surface area contributed by atoms with Crippen LogP contribution in [0.15, 0.2) is 18.2 Å². The van der Waals surface area contributed by atoms with E-state index in [1.807, 2.05) is 13.8 Å². The van der Waals surface area contributed by atoms with Crippen molar-refractivity contribution in [2.75, 3.05) is 11.9 Å². The topological polar surface area (TPSA) is 78.5 Å². The van der Waals surface area contributed by atoms with Crippen molar-refractivity contribution in [1.82, 2.24) is 10.2 Å². The second kappa shape index (κ2) is 6.67. The third-order valence-electron chi connectivity index (χ3n) is 5.26. The quantitative estimate of drug-likeness (QED) is 0.810. The van der Waals surface area contributed by atoms with Crippen LogP contribution in [-0.2, 0) is 9.59 Å². The van der Waals surface area contributed by atoms with E-state index in [0.717, 1.165) is 29.7 Å². The summed E-state index contributed by atoms with van der Waals surface area (Å²) in [5.74, 6) is -0.646. The first kappa shape index (κ1) is 17.7. The van der Waals surface area contributed by atoms with Gasteiger partial charge in [-0.3, -0.25) is 14.5 Å². The van der Waals surface area contributed by atoms with Gasteiger partial charge in [0.2, 0.25) is 5.91 Å². The average molecular weight is 364 g/mol. The van der Waals surface area contributed by atoms with Crippen LogP contribution in [0.25, 0.3) is 0 Å². The van der Waals surface area contributed by atoms with Crippen LogP contribution in [0.4, 0.5) is 10.5 Å². The number of urea groups is 1. The molecule has 2 aliphatic rings. The van der Waals surface area contributed by atoms with Crippen molar-refractivity contribution in [3.05, 3.63) is 28.8 Å². The van der Waals surface area contributed by atoms with Crippen molar-refractivity contribution in [3.8, 4) is 0 Å². The minimum atomic E-state index is -0.844. The van der Waals surface area contributed by atoms with Gasteiger partial charge in [0.1, 0.15) is 12.1 Å². The molecule has 0 aromatic heterocycles. The zero-order valence-electron chi connectivity index (χ0n) is 14.4. The zero-order chi connectivity index (χ0) is 18.2. The number of imide groups is 1. The number of nitrogens with one attached hydrogen (secondary N) is 2. The SMILES string of the molecule is Cc1ccc(NC(=O)CN2C(=O)NC3(CCCCC3C)C2=O)cc1Cl. The smallest absolute Gasteiger partial charge is 0.324 e. The molecule has 0 bridgehead atoms. The number of halogens is 1. The van der Waals surface area contributed by atoms with Gasteiger partial charge in [0.25, 0.3) is 5.91 Å². The van der Waals surface area contributed by atoms with E-state index < -0.39 is 17.5 Å². The van der Waals surface area contributed by atoms with Gasteiger partial charge in [0.05, 0.1) is 0 Å². The Morgan fingerprint density at radius 2 is 2.16 bits per heavy atom. The van der Waals surface area contributed by atoms with Crippen LogP contribution in [0.3, 0.4) is 0 Å². The van der Waals surface area contributed by atoms with E-state index in [9.17, 15) is 14.4 Å². The predicted octanol–water partition coefficient (Wildman–Crippen LogP) is 3.09. The number of carbonyl (C=O) groups is 3. The number of hydrogen-bond donors (Lipinski definition) is 2. The maximum Gasteiger partial charge on any atom is 0.325 e. The number of benzene rings is 1. The summed E-state index contributed by atoms with van der Waals surface area (Å²) in [5, 5.41) is 6.07. The first-order valence-corrected chi connectivity index (χ1v) is 8.91. The largest absolute Gasteiger partial charge is 0.325 e. The lowest BCUT2D eigenvalue weighted by Crippen LogP contribution is -2.54. The lowest BCUT2D eigenvalue weighted by molar-refractivity contribution is -0.136. The minimum Gasteiger partial charge on any atom is -0.324 e. The normalized spacial score (nSPS) is 26.0. The molecule has 7 heteroatoms. The second-order valence-electron chi connectivity index (χ2n) is 6.95. The molecule has 134 valence electrons. The summed E-state index contributed by atoms with van der Waals surface area (Å²) in [5.41, 5.74) is 0.596. The fourth-order valence-electron chi connectivity index (χ4n) is 3.65. The minimum absolute atomic E-state index is 0.0710. The van der Waals surface area contributed by atoms with Crippen LogP contribution < -0.4 is 10.6 Å². The van der Waals surface area contributed by atoms with Gasteiger partial charge in [-0.05, 0) is 43.4 Å². The standard InChI is InChI=1S/C18H22ClN3O3/c1-11-6-7-13(9-14(11)19)20-15(23)10-22-16(24)18(21-17(22)25)8-4-3-5-12(18)2/h6-7,9,12H,3-5,8,10H2,1-2H3,(H,20,23)(H,21,25). The Bertz CT molecular complexity index is 736. The molecule has 25 heavy (non-hydrogen) atoms. The molecular weight excluding hydrogens is 342 g/mol. The van der Waals surface area contributed by atoms with Crippen LogP contribution in [0.1, 0.15) is 38.2 Å². The van der Waals surface area contributed by atoms with Gasteiger partial charge >= 0.3 is 6.03 Å². The fraction of sp³-hybridized carbons (Fsp3) is 0.500. The van der Waals surface area contributed by atoms with Crippen molar-refractivity contribution >= 4 is 35.1 Å². The molecule has 1 aliphatic heterocycles. The van der Waals surface area contributed by atoms with Crippen molar-refractivity contribution in [3.63, 3.8) is 0 Å². The summed E-state index contributed by atoms with van der Waals surface area (Å²) in [4.78, 5) is 38.4. The number of hydrogen-bond acceptors (Lipinski definition) is 3. The maximum absolute atomic E-state index is 12.8. The van der Waals surface area contributed by atoms with Crippen LogP contribution in [-0.4, -0.2) is 34.8 Å². The molecule has 1 aromatic rings. The van der Waals surface area contributed by atoms with E-state index in [2.05, 4.69) is 10.6 Å². The second-order valence-corrected chi connectivity index (χ2v) is 7.36. The number of amides is 4. The molecule has 1 aromatic carbocycles. The predicted molar refractivity (Wildman–Crippen MR) is 95.4 cm³/mol. The van der Waals surface area contributed by atoms with Gasteiger partial charge in [0, 0.05) is 10.7 Å². The van der Waals surface area contributed by atoms with E-state index in [-0.39, 0.29) is 18.4 Å². The zero-order valence-corrected chi connectivity index (χ0v) is 15.2. The van der Waals surface area contributed by atoms with Gasteiger partial charge < -0.3 is 10.6 Å². The summed E-state index contributed by atoms with van der Waals surface area (Å²) >= 11 is 6.05. The number of anilines is 1. The van der Waals surface area contributed by atoms with E-state index >= 15 is 0 Å². The molecule has 1 saturated carbocycles. The Balaban J connectivity index is 1.69. The lowest BCUT2D eigenvalue weighted by atomic mass is 9.73. The van der Waals surface area contributed by atoms with Crippen molar-refractivity contribution in [2.45, 2.75) is 45.1 Å². The highest BCUT2D eigenvalue weighted by Gasteiger charge is 2.55. The van der Waals surface area contributed by atoms with E-state index in [1.54, 1.807) is 18.2 Å². The van der Waals surface area contributed by atoms with Crippen LogP contribution in [0.2, 0.25) is 5.02 Å². The Labute approximate surface area is 151 Å². The summed E-state index contributed by atoms with van der Waals surface area (Å²) in [6.45, 7) is 3.55. The van der Waals surface area contributed by atoms with Crippen molar-refractivity contribution in [1.29, 1.82) is 0 Å². The van der Waals surface area contributed by atoms with Gasteiger partial charge in [-0.2, -0.15) is 0 Å². The van der Waals surface area contributed by atoms with Crippen LogP contribution >= 0.6 is 11.6 Å². The maximum atomic E-state index is 12.8. The Morgan fingerprint density at radius 3 is 2.84 bits per heavy atom. The fourth-order valence-corrected chi connectivity index (χ4v) is 3.83. The molecule has 2 N–H and O–H groups in total. The van der Waals surface area contributed by atoms with Crippen LogP contribution in [0, 0.1) is 12.8 Å². The third kappa shape index (κ3) is 3.23.